The molecule has 0 radical (unpaired) electrons. The van der Waals surface area contributed by atoms with Crippen LogP contribution in [0, 0.1) is 5.82 Å². The van der Waals surface area contributed by atoms with Gasteiger partial charge in [0.2, 0.25) is 5.95 Å². The van der Waals surface area contributed by atoms with E-state index in [-0.39, 0.29) is 16.7 Å². The second-order valence-corrected chi connectivity index (χ2v) is 5.04. The highest BCUT2D eigenvalue weighted by molar-refractivity contribution is 7.92. The van der Waals surface area contributed by atoms with Crippen LogP contribution in [0.15, 0.2) is 35.6 Å². The highest BCUT2D eigenvalue weighted by Gasteiger charge is 2.16. The van der Waals surface area contributed by atoms with Crippen molar-refractivity contribution < 1.29 is 12.8 Å². The van der Waals surface area contributed by atoms with E-state index < -0.39 is 15.8 Å². The summed E-state index contributed by atoms with van der Waals surface area (Å²) < 4.78 is 38.6. The fourth-order valence-electron chi connectivity index (χ4n) is 1.16. The van der Waals surface area contributed by atoms with Gasteiger partial charge in [-0.1, -0.05) is 0 Å². The maximum atomic E-state index is 12.6. The Morgan fingerprint density at radius 3 is 2.32 bits per heavy atom. The summed E-state index contributed by atoms with van der Waals surface area (Å²) in [5.41, 5.74) is 2.17. The number of nitrogens with one attached hydrogen (secondary N) is 2. The van der Waals surface area contributed by atoms with Crippen molar-refractivity contribution in [3.8, 4) is 0 Å². The number of hydrazine groups is 1. The summed E-state index contributed by atoms with van der Waals surface area (Å²) in [6.07, 6.45) is 3.05. The van der Waals surface area contributed by atoms with Gasteiger partial charge < -0.3 is 0 Å². The van der Waals surface area contributed by atoms with Crippen molar-refractivity contribution in [1.82, 2.24) is 15.0 Å². The summed E-state index contributed by atoms with van der Waals surface area (Å²) in [5.74, 6) is 4.57. The molecule has 2 aromatic rings. The van der Waals surface area contributed by atoms with Gasteiger partial charge in [0, 0.05) is 0 Å². The van der Waals surface area contributed by atoms with E-state index in [0.717, 1.165) is 24.7 Å². The molecule has 0 amide bonds. The second-order valence-electron chi connectivity index (χ2n) is 3.35. The first kappa shape index (κ1) is 13.1. The number of sulfonamides is 1. The molecular formula is C9H9FN6O2S. The molecule has 0 unspecified atom stereocenters. The molecule has 8 nitrogen and oxygen atoms in total. The summed E-state index contributed by atoms with van der Waals surface area (Å²) in [5, 5.41) is 0. The largest absolute Gasteiger partial charge is 0.292 e. The van der Waals surface area contributed by atoms with Gasteiger partial charge in [0.25, 0.3) is 10.0 Å². The summed E-state index contributed by atoms with van der Waals surface area (Å²) in [6, 6.07) is 2.28. The van der Waals surface area contributed by atoms with Gasteiger partial charge in [0.05, 0.1) is 18.6 Å². The molecule has 0 aromatic carbocycles. The number of hydrogen-bond acceptors (Lipinski definition) is 7. The Labute approximate surface area is 107 Å². The van der Waals surface area contributed by atoms with Crippen LogP contribution in [0.2, 0.25) is 0 Å². The minimum atomic E-state index is -3.88. The Balaban J connectivity index is 2.24. The van der Waals surface area contributed by atoms with Crippen LogP contribution in [0.3, 0.4) is 0 Å². The standard InChI is InChI=1S/C9H9FN6O2S/c10-6-1-2-8(12-3-6)16-19(17,18)7-4-13-9(15-11)14-5-7/h1-5H,11H2,(H,12,16)(H,13,14,15). The molecule has 0 aliphatic rings. The summed E-state index contributed by atoms with van der Waals surface area (Å²) in [6.45, 7) is 0. The summed E-state index contributed by atoms with van der Waals surface area (Å²) >= 11 is 0. The summed E-state index contributed by atoms with van der Waals surface area (Å²) in [4.78, 5) is 10.8. The molecule has 0 bridgehead atoms. The highest BCUT2D eigenvalue weighted by Crippen LogP contribution is 2.13. The maximum absolute atomic E-state index is 12.6. The van der Waals surface area contributed by atoms with Crippen LogP contribution in [0.5, 0.6) is 0 Å². The normalized spacial score (nSPS) is 11.1. The fourth-order valence-corrected chi connectivity index (χ4v) is 2.06. The number of anilines is 2. The van der Waals surface area contributed by atoms with Gasteiger partial charge in [-0.2, -0.15) is 0 Å². The molecule has 0 aliphatic heterocycles. The van der Waals surface area contributed by atoms with E-state index in [0.29, 0.717) is 0 Å². The smallest absolute Gasteiger partial charge is 0.266 e. The van der Waals surface area contributed by atoms with Crippen molar-refractivity contribution >= 4 is 21.8 Å². The van der Waals surface area contributed by atoms with Crippen LogP contribution in [-0.4, -0.2) is 23.4 Å². The van der Waals surface area contributed by atoms with Gasteiger partial charge in [0.15, 0.2) is 0 Å². The van der Waals surface area contributed by atoms with E-state index in [1.807, 2.05) is 0 Å². The number of nitrogens with two attached hydrogens (primary N) is 1. The lowest BCUT2D eigenvalue weighted by molar-refractivity contribution is 0.599. The molecule has 4 N–H and O–H groups in total. The Kier molecular flexibility index (Phi) is 3.53. The molecule has 10 heteroatoms. The third kappa shape index (κ3) is 3.11. The van der Waals surface area contributed by atoms with E-state index >= 15 is 0 Å². The molecule has 19 heavy (non-hydrogen) atoms. The average molecular weight is 284 g/mol. The Hall–Kier alpha value is -2.33. The first-order valence-corrected chi connectivity index (χ1v) is 6.42. The predicted octanol–water partition coefficient (Wildman–Crippen LogP) is 0.0971. The van der Waals surface area contributed by atoms with E-state index in [1.54, 1.807) is 0 Å². The third-order valence-corrected chi connectivity index (χ3v) is 3.34. The molecular weight excluding hydrogens is 275 g/mol. The third-order valence-electron chi connectivity index (χ3n) is 2.03. The van der Waals surface area contributed by atoms with E-state index in [2.05, 4.69) is 25.1 Å². The number of hydrogen-bond donors (Lipinski definition) is 3. The van der Waals surface area contributed by atoms with Gasteiger partial charge >= 0.3 is 0 Å². The molecule has 100 valence electrons. The maximum Gasteiger partial charge on any atom is 0.266 e. The second kappa shape index (κ2) is 5.12. The van der Waals surface area contributed by atoms with Crippen molar-refractivity contribution in [3.63, 3.8) is 0 Å². The number of halogens is 1. The van der Waals surface area contributed by atoms with Crippen LogP contribution in [0.25, 0.3) is 0 Å². The highest BCUT2D eigenvalue weighted by atomic mass is 32.2. The van der Waals surface area contributed by atoms with Crippen molar-refractivity contribution in [3.05, 3.63) is 36.5 Å². The lowest BCUT2D eigenvalue weighted by Gasteiger charge is -2.06. The van der Waals surface area contributed by atoms with E-state index in [4.69, 9.17) is 5.84 Å². The molecule has 2 aromatic heterocycles. The molecule has 0 atom stereocenters. The first-order chi connectivity index (χ1) is 9.01. The molecule has 0 saturated carbocycles. The molecule has 0 saturated heterocycles. The monoisotopic (exact) mass is 284 g/mol. The van der Waals surface area contributed by atoms with Crippen LogP contribution in [-0.2, 0) is 10.0 Å². The Bertz CT molecular complexity index is 658. The van der Waals surface area contributed by atoms with Gasteiger partial charge in [-0.15, -0.1) is 0 Å². The first-order valence-electron chi connectivity index (χ1n) is 4.94. The van der Waals surface area contributed by atoms with Crippen molar-refractivity contribution in [2.24, 2.45) is 5.84 Å². The van der Waals surface area contributed by atoms with Crippen molar-refractivity contribution in [2.75, 3.05) is 10.1 Å². The molecule has 2 rings (SSSR count). The Morgan fingerprint density at radius 2 is 1.79 bits per heavy atom. The topological polar surface area (TPSA) is 123 Å². The summed E-state index contributed by atoms with van der Waals surface area (Å²) in [7, 11) is -3.88. The average Bonchev–Trinajstić information content (AvgIpc) is 2.41. The van der Waals surface area contributed by atoms with Gasteiger partial charge in [-0.3, -0.25) is 10.1 Å². The quantitative estimate of drug-likeness (QED) is 0.537. The van der Waals surface area contributed by atoms with Gasteiger partial charge in [0.1, 0.15) is 16.5 Å². The molecule has 0 aliphatic carbocycles. The van der Waals surface area contributed by atoms with Crippen LogP contribution >= 0.6 is 0 Å². The Morgan fingerprint density at radius 1 is 1.11 bits per heavy atom. The van der Waals surface area contributed by atoms with Crippen molar-refractivity contribution in [2.45, 2.75) is 4.90 Å². The van der Waals surface area contributed by atoms with Gasteiger partial charge in [-0.05, 0) is 12.1 Å². The van der Waals surface area contributed by atoms with Crippen LogP contribution < -0.4 is 16.0 Å². The molecule has 0 spiro atoms. The zero-order valence-electron chi connectivity index (χ0n) is 9.41. The zero-order chi connectivity index (χ0) is 13.9. The fraction of sp³-hybridized carbons (Fsp3) is 0. The van der Waals surface area contributed by atoms with E-state index in [9.17, 15) is 12.8 Å². The molecule has 2 heterocycles. The SMILES string of the molecule is NNc1ncc(S(=O)(=O)Nc2ccc(F)cn2)cn1. The van der Waals surface area contributed by atoms with Crippen LogP contribution in [0.4, 0.5) is 16.2 Å². The minimum absolute atomic E-state index is 0.0116. The number of pyridine rings is 1. The number of aromatic nitrogens is 3. The number of nitrogen functional groups attached to an aromatic ring is 1. The lowest BCUT2D eigenvalue weighted by atomic mass is 10.5. The number of nitrogens with zero attached hydrogens (tertiary/aromatic N) is 3. The van der Waals surface area contributed by atoms with Gasteiger partial charge in [-0.25, -0.2) is 33.6 Å². The minimum Gasteiger partial charge on any atom is -0.292 e. The van der Waals surface area contributed by atoms with Crippen molar-refractivity contribution in [1.29, 1.82) is 0 Å². The lowest BCUT2D eigenvalue weighted by Crippen LogP contribution is -2.16. The van der Waals surface area contributed by atoms with E-state index in [1.165, 1.54) is 6.07 Å². The predicted molar refractivity (Wildman–Crippen MR) is 64.8 cm³/mol. The molecule has 0 fully saturated rings. The number of rotatable bonds is 4. The zero-order valence-corrected chi connectivity index (χ0v) is 10.2. The van der Waals surface area contributed by atoms with Crippen LogP contribution in [0.1, 0.15) is 0 Å².